The average molecular weight is 360 g/mol. The zero-order valence-electron chi connectivity index (χ0n) is 10.9. The molecule has 0 unspecified atom stereocenters. The Kier molecular flexibility index (Phi) is 3.29. The number of rotatable bonds is 2. The average Bonchev–Trinajstić information content (AvgIpc) is 2.86. The molecule has 1 aromatic carbocycles. The fourth-order valence-electron chi connectivity index (χ4n) is 2.02. The molecule has 2 aromatic heterocycles. The number of nitriles is 1. The van der Waals surface area contributed by atoms with Gasteiger partial charge in [-0.1, -0.05) is 0 Å². The number of nitro groups is 1. The summed E-state index contributed by atoms with van der Waals surface area (Å²) in [5.74, 6) is 0. The third-order valence-electron chi connectivity index (χ3n) is 3.07. The molecule has 0 amide bonds. The van der Waals surface area contributed by atoms with Crippen LogP contribution in [0.1, 0.15) is 5.56 Å². The van der Waals surface area contributed by atoms with E-state index in [9.17, 15) is 14.9 Å². The molecule has 8 heteroatoms. The van der Waals surface area contributed by atoms with Gasteiger partial charge in [-0.15, -0.1) is 0 Å². The summed E-state index contributed by atoms with van der Waals surface area (Å²) in [7, 11) is 0. The van der Waals surface area contributed by atoms with Crippen LogP contribution in [0.15, 0.2) is 39.5 Å². The molecule has 22 heavy (non-hydrogen) atoms. The number of hydrogen-bond acceptors (Lipinski definition) is 6. The summed E-state index contributed by atoms with van der Waals surface area (Å²) in [6.45, 7) is 0. The van der Waals surface area contributed by atoms with E-state index in [0.29, 0.717) is 19.9 Å². The molecule has 3 aromatic rings. The van der Waals surface area contributed by atoms with Crippen LogP contribution in [-0.2, 0) is 0 Å². The normalized spacial score (nSPS) is 10.5. The Morgan fingerprint density at radius 1 is 1.32 bits per heavy atom. The van der Waals surface area contributed by atoms with Gasteiger partial charge in [-0.25, -0.2) is 0 Å². The second kappa shape index (κ2) is 5.15. The first kappa shape index (κ1) is 14.1. The molecule has 3 rings (SSSR count). The van der Waals surface area contributed by atoms with Gasteiger partial charge in [0.1, 0.15) is 0 Å². The van der Waals surface area contributed by atoms with Crippen molar-refractivity contribution in [2.24, 2.45) is 0 Å². The third-order valence-corrected chi connectivity index (χ3v) is 5.17. The number of nitrogen functional groups attached to an aromatic ring is 1. The molecule has 7 nitrogen and oxygen atoms in total. The van der Waals surface area contributed by atoms with Gasteiger partial charge in [-0.3, -0.25) is 0 Å². The topological polar surface area (TPSA) is 123 Å². The van der Waals surface area contributed by atoms with Crippen molar-refractivity contribution in [1.82, 2.24) is 0 Å². The van der Waals surface area contributed by atoms with E-state index < -0.39 is 10.5 Å². The van der Waals surface area contributed by atoms with Crippen molar-refractivity contribution in [2.45, 2.75) is 0 Å². The number of benzene rings is 1. The second-order valence-corrected chi connectivity index (χ2v) is 6.70. The molecule has 0 aliphatic rings. The number of nitro benzene ring substituents is 1. The van der Waals surface area contributed by atoms with Gasteiger partial charge in [0, 0.05) is 0 Å². The van der Waals surface area contributed by atoms with Crippen LogP contribution in [0.2, 0.25) is 0 Å². The summed E-state index contributed by atoms with van der Waals surface area (Å²) < 4.78 is 6.27. The van der Waals surface area contributed by atoms with E-state index in [1.165, 1.54) is 24.3 Å². The summed E-state index contributed by atoms with van der Waals surface area (Å²) in [5, 5.41) is 20.2. The summed E-state index contributed by atoms with van der Waals surface area (Å²) in [4.78, 5) is 22.4. The van der Waals surface area contributed by atoms with Gasteiger partial charge in [0.05, 0.1) is 0 Å². The van der Waals surface area contributed by atoms with Crippen LogP contribution in [0.3, 0.4) is 0 Å². The molecular weight excluding hydrogens is 353 g/mol. The van der Waals surface area contributed by atoms with E-state index in [-0.39, 0.29) is 31.3 Å². The molecule has 0 radical (unpaired) electrons. The summed E-state index contributed by atoms with van der Waals surface area (Å²) in [5.41, 5.74) is 6.00. The Morgan fingerprint density at radius 2 is 2.09 bits per heavy atom. The SMILES string of the molecule is N#Cc1cc(-c2cc3cc([N+](=O)[O-])ccc3oc2=O)[se]c1N. The van der Waals surface area contributed by atoms with Gasteiger partial charge >= 0.3 is 129 Å². The molecule has 0 saturated heterocycles. The Morgan fingerprint density at radius 3 is 2.73 bits per heavy atom. The predicted molar refractivity (Wildman–Crippen MR) is 80.6 cm³/mol. The number of hydrogen-bond donors (Lipinski definition) is 1. The standard InChI is InChI=1S/C14H7N3O4Se/c15-6-8-5-12(22-13(8)16)10-4-7-3-9(17(19)20)1-2-11(7)21-14(10)18/h1-5H,16H2. The maximum atomic E-state index is 12.1. The van der Waals surface area contributed by atoms with E-state index in [2.05, 4.69) is 0 Å². The Hall–Kier alpha value is -2.88. The van der Waals surface area contributed by atoms with E-state index in [0.717, 1.165) is 0 Å². The molecule has 0 saturated carbocycles. The Labute approximate surface area is 129 Å². The molecule has 108 valence electrons. The number of nitrogens with zero attached hydrogens (tertiary/aromatic N) is 2. The molecule has 0 spiro atoms. The number of nitrogens with two attached hydrogens (primary N) is 1. The minimum absolute atomic E-state index is 0.0893. The quantitative estimate of drug-likeness (QED) is 0.322. The van der Waals surface area contributed by atoms with Crippen molar-refractivity contribution < 1.29 is 9.34 Å². The van der Waals surface area contributed by atoms with Crippen LogP contribution in [0, 0.1) is 21.4 Å². The van der Waals surface area contributed by atoms with Crippen molar-refractivity contribution in [3.63, 3.8) is 0 Å². The van der Waals surface area contributed by atoms with Crippen LogP contribution in [-0.4, -0.2) is 19.4 Å². The molecular formula is C14H7N3O4Se. The number of anilines is 1. The van der Waals surface area contributed by atoms with Crippen LogP contribution in [0.25, 0.3) is 21.0 Å². The van der Waals surface area contributed by atoms with Crippen LogP contribution in [0.4, 0.5) is 10.2 Å². The van der Waals surface area contributed by atoms with Gasteiger partial charge < -0.3 is 0 Å². The fourth-order valence-corrected chi connectivity index (χ4v) is 3.87. The minimum atomic E-state index is -0.554. The zero-order chi connectivity index (χ0) is 15.9. The van der Waals surface area contributed by atoms with Crippen molar-refractivity contribution in [2.75, 3.05) is 5.73 Å². The molecule has 0 atom stereocenters. The molecule has 0 aliphatic carbocycles. The summed E-state index contributed by atoms with van der Waals surface area (Å²) >= 11 is -0.339. The second-order valence-electron chi connectivity index (χ2n) is 4.43. The van der Waals surface area contributed by atoms with Crippen LogP contribution in [0.5, 0.6) is 0 Å². The van der Waals surface area contributed by atoms with Gasteiger partial charge in [0.25, 0.3) is 0 Å². The number of non-ortho nitro benzene ring substituents is 1. The first-order valence-corrected chi connectivity index (χ1v) is 7.73. The molecule has 2 heterocycles. The first-order chi connectivity index (χ1) is 10.5. The van der Waals surface area contributed by atoms with Crippen molar-refractivity contribution >= 4 is 35.7 Å². The maximum absolute atomic E-state index is 12.1. The Bertz CT molecular complexity index is 1010. The van der Waals surface area contributed by atoms with Gasteiger partial charge in [-0.2, -0.15) is 0 Å². The Balaban J connectivity index is 2.25. The monoisotopic (exact) mass is 361 g/mol. The molecule has 0 bridgehead atoms. The van der Waals surface area contributed by atoms with Crippen molar-refractivity contribution in [1.29, 1.82) is 5.26 Å². The first-order valence-electron chi connectivity index (χ1n) is 6.01. The summed E-state index contributed by atoms with van der Waals surface area (Å²) in [6.07, 6.45) is 0. The van der Waals surface area contributed by atoms with Crippen molar-refractivity contribution in [3.8, 4) is 16.1 Å². The van der Waals surface area contributed by atoms with Gasteiger partial charge in [0.2, 0.25) is 0 Å². The zero-order valence-corrected chi connectivity index (χ0v) is 12.6. The molecule has 2 N–H and O–H groups in total. The van der Waals surface area contributed by atoms with Crippen LogP contribution >= 0.6 is 0 Å². The van der Waals surface area contributed by atoms with E-state index in [4.69, 9.17) is 15.4 Å². The predicted octanol–water partition coefficient (Wildman–Crippen LogP) is 1.88. The molecule has 0 aliphatic heterocycles. The fraction of sp³-hybridized carbons (Fsp3) is 0. The van der Waals surface area contributed by atoms with E-state index in [1.54, 1.807) is 6.07 Å². The van der Waals surface area contributed by atoms with Crippen molar-refractivity contribution in [3.05, 3.63) is 56.4 Å². The summed E-state index contributed by atoms with van der Waals surface area (Å²) in [6, 6.07) is 9.07. The van der Waals surface area contributed by atoms with E-state index >= 15 is 0 Å². The third kappa shape index (κ3) is 2.29. The van der Waals surface area contributed by atoms with Gasteiger partial charge in [-0.05, 0) is 0 Å². The molecule has 0 fully saturated rings. The number of fused-ring (bicyclic) bond motifs is 1. The van der Waals surface area contributed by atoms with Gasteiger partial charge in [0.15, 0.2) is 0 Å². The van der Waals surface area contributed by atoms with E-state index in [1.807, 2.05) is 6.07 Å². The van der Waals surface area contributed by atoms with Crippen LogP contribution < -0.4 is 11.4 Å².